The second kappa shape index (κ2) is 6.76. The number of nitrogens with zero attached hydrogens (tertiary/aromatic N) is 2. The zero-order valence-corrected chi connectivity index (χ0v) is 14.3. The van der Waals surface area contributed by atoms with Crippen LogP contribution in [0.15, 0.2) is 68.0 Å². The van der Waals surface area contributed by atoms with Gasteiger partial charge in [-0.25, -0.2) is 0 Å². The molecule has 7 heteroatoms. The third kappa shape index (κ3) is 3.41. The maximum atomic E-state index is 12.0. The third-order valence-corrected chi connectivity index (χ3v) is 3.88. The first-order valence-electron chi connectivity index (χ1n) is 7.14. The van der Waals surface area contributed by atoms with Gasteiger partial charge in [-0.05, 0) is 31.2 Å². The molecule has 3 aromatic rings. The average molecular weight is 385 g/mol. The van der Waals surface area contributed by atoms with Crippen LogP contribution in [0.1, 0.15) is 17.3 Å². The van der Waals surface area contributed by atoms with Crippen molar-refractivity contribution in [2.75, 3.05) is 0 Å². The van der Waals surface area contributed by atoms with Crippen LogP contribution < -0.4 is 5.56 Å². The number of carbonyl (C=O) groups is 1. The molecule has 0 unspecified atom stereocenters. The average Bonchev–Trinajstić information content (AvgIpc) is 2.94. The van der Waals surface area contributed by atoms with Gasteiger partial charge in [0.15, 0.2) is 11.5 Å². The highest BCUT2D eigenvalue weighted by molar-refractivity contribution is 9.10. The van der Waals surface area contributed by atoms with E-state index in [2.05, 4.69) is 36.4 Å². The Balaban J connectivity index is 1.99. The van der Waals surface area contributed by atoms with Crippen LogP contribution >= 0.6 is 15.9 Å². The first-order valence-corrected chi connectivity index (χ1v) is 7.93. The number of halogens is 1. The number of H-pyrrole nitrogens is 2. The lowest BCUT2D eigenvalue weighted by Crippen LogP contribution is -1.96. The van der Waals surface area contributed by atoms with Gasteiger partial charge in [0.05, 0.1) is 11.4 Å². The van der Waals surface area contributed by atoms with E-state index < -0.39 is 0 Å². The Labute approximate surface area is 145 Å². The van der Waals surface area contributed by atoms with E-state index in [9.17, 15) is 9.59 Å². The molecule has 0 amide bonds. The van der Waals surface area contributed by atoms with Gasteiger partial charge in [-0.2, -0.15) is 5.11 Å². The molecule has 1 aromatic heterocycles. The summed E-state index contributed by atoms with van der Waals surface area (Å²) >= 11 is 3.40. The highest BCUT2D eigenvalue weighted by atomic mass is 79.9. The van der Waals surface area contributed by atoms with Gasteiger partial charge in [0.25, 0.3) is 5.56 Å². The van der Waals surface area contributed by atoms with E-state index in [0.29, 0.717) is 16.9 Å². The Kier molecular flexibility index (Phi) is 4.52. The van der Waals surface area contributed by atoms with E-state index in [1.807, 2.05) is 24.3 Å². The predicted molar refractivity (Wildman–Crippen MR) is 95.2 cm³/mol. The number of ketones is 1. The van der Waals surface area contributed by atoms with Crippen molar-refractivity contribution in [3.8, 4) is 11.3 Å². The number of aromatic nitrogens is 2. The lowest BCUT2D eigenvalue weighted by molar-refractivity contribution is 0.101. The molecular formula is C17H13BrN4O2. The molecule has 0 spiro atoms. The molecule has 3 rings (SSSR count). The van der Waals surface area contributed by atoms with Gasteiger partial charge in [-0.15, -0.1) is 5.11 Å². The molecule has 120 valence electrons. The Morgan fingerprint density at radius 1 is 1.04 bits per heavy atom. The number of carbonyl (C=O) groups excluding carboxylic acids is 1. The van der Waals surface area contributed by atoms with Crippen LogP contribution in [-0.4, -0.2) is 16.0 Å². The predicted octanol–water partition coefficient (Wildman–Crippen LogP) is 4.75. The summed E-state index contributed by atoms with van der Waals surface area (Å²) in [6, 6.07) is 14.3. The first kappa shape index (κ1) is 16.1. The van der Waals surface area contributed by atoms with Gasteiger partial charge in [-0.3, -0.25) is 19.8 Å². The number of nitrogens with one attached hydrogen (secondary N) is 2. The number of azo groups is 1. The minimum absolute atomic E-state index is 0.0543. The number of rotatable bonds is 4. The highest BCUT2D eigenvalue weighted by Gasteiger charge is 2.12. The molecule has 0 aliphatic heterocycles. The van der Waals surface area contributed by atoms with Crippen LogP contribution in [0.4, 0.5) is 11.4 Å². The lowest BCUT2D eigenvalue weighted by atomic mass is 10.1. The zero-order chi connectivity index (χ0) is 17.1. The number of hydrogen-bond donors (Lipinski definition) is 2. The fourth-order valence-corrected chi connectivity index (χ4v) is 2.59. The fraction of sp³-hybridized carbons (Fsp3) is 0.0588. The summed E-state index contributed by atoms with van der Waals surface area (Å²) in [4.78, 5) is 23.4. The van der Waals surface area contributed by atoms with Crippen LogP contribution in [0.3, 0.4) is 0 Å². The van der Waals surface area contributed by atoms with Crippen molar-refractivity contribution in [1.29, 1.82) is 0 Å². The fourth-order valence-electron chi connectivity index (χ4n) is 2.19. The molecule has 6 nitrogen and oxygen atoms in total. The molecule has 0 atom stereocenters. The smallest absolute Gasteiger partial charge is 0.292 e. The summed E-state index contributed by atoms with van der Waals surface area (Å²) in [6.07, 6.45) is 0. The highest BCUT2D eigenvalue weighted by Crippen LogP contribution is 2.28. The number of Topliss-reactive ketones (excluding diaryl/α,β-unsaturated/α-hetero) is 1. The van der Waals surface area contributed by atoms with Crippen molar-refractivity contribution < 1.29 is 4.79 Å². The molecule has 2 aromatic carbocycles. The molecule has 0 aliphatic carbocycles. The van der Waals surface area contributed by atoms with E-state index in [4.69, 9.17) is 0 Å². The van der Waals surface area contributed by atoms with Crippen molar-refractivity contribution in [1.82, 2.24) is 10.2 Å². The molecule has 1 heterocycles. The van der Waals surface area contributed by atoms with Gasteiger partial charge < -0.3 is 0 Å². The van der Waals surface area contributed by atoms with Crippen LogP contribution in [0.25, 0.3) is 11.3 Å². The largest absolute Gasteiger partial charge is 0.295 e. The van der Waals surface area contributed by atoms with E-state index in [0.717, 1.165) is 10.0 Å². The number of aromatic amines is 2. The maximum Gasteiger partial charge on any atom is 0.292 e. The molecule has 2 N–H and O–H groups in total. The second-order valence-electron chi connectivity index (χ2n) is 5.12. The summed E-state index contributed by atoms with van der Waals surface area (Å²) in [6.45, 7) is 1.48. The summed E-state index contributed by atoms with van der Waals surface area (Å²) in [5, 5.41) is 13.5. The summed E-state index contributed by atoms with van der Waals surface area (Å²) in [5.41, 5.74) is 2.21. The molecular weight excluding hydrogens is 372 g/mol. The van der Waals surface area contributed by atoms with Gasteiger partial charge in [-0.1, -0.05) is 40.2 Å². The van der Waals surface area contributed by atoms with Gasteiger partial charge in [0.2, 0.25) is 0 Å². The standard InChI is InChI=1S/C17H13BrN4O2/c1-10(23)11-4-3-7-14(9-11)19-21-16-15(20-22-17(16)24)12-5-2-6-13(18)8-12/h2-9H,1H3,(H2,20,22,24). The Morgan fingerprint density at radius 3 is 2.58 bits per heavy atom. The monoisotopic (exact) mass is 384 g/mol. The molecule has 0 aliphatic rings. The molecule has 0 saturated heterocycles. The third-order valence-electron chi connectivity index (χ3n) is 3.38. The van der Waals surface area contributed by atoms with Gasteiger partial charge in [0, 0.05) is 15.6 Å². The molecule has 0 fully saturated rings. The van der Waals surface area contributed by atoms with Crippen molar-refractivity contribution in [2.45, 2.75) is 6.92 Å². The van der Waals surface area contributed by atoms with Crippen molar-refractivity contribution >= 4 is 33.1 Å². The van der Waals surface area contributed by atoms with Crippen molar-refractivity contribution in [3.05, 3.63) is 68.9 Å². The van der Waals surface area contributed by atoms with Crippen LogP contribution in [-0.2, 0) is 0 Å². The quantitative estimate of drug-likeness (QED) is 0.501. The molecule has 0 saturated carbocycles. The van der Waals surface area contributed by atoms with Crippen molar-refractivity contribution in [3.63, 3.8) is 0 Å². The minimum atomic E-state index is -0.364. The Bertz CT molecular complexity index is 988. The van der Waals surface area contributed by atoms with Crippen LogP contribution in [0.2, 0.25) is 0 Å². The van der Waals surface area contributed by atoms with E-state index in [1.54, 1.807) is 24.3 Å². The van der Waals surface area contributed by atoms with Crippen LogP contribution in [0, 0.1) is 0 Å². The molecule has 24 heavy (non-hydrogen) atoms. The summed E-state index contributed by atoms with van der Waals surface area (Å²) in [7, 11) is 0. The topological polar surface area (TPSA) is 90.4 Å². The zero-order valence-electron chi connectivity index (χ0n) is 12.7. The number of benzene rings is 2. The van der Waals surface area contributed by atoms with Crippen LogP contribution in [0.5, 0.6) is 0 Å². The minimum Gasteiger partial charge on any atom is -0.295 e. The van der Waals surface area contributed by atoms with E-state index in [-0.39, 0.29) is 17.0 Å². The van der Waals surface area contributed by atoms with Gasteiger partial charge >= 0.3 is 0 Å². The Hall–Kier alpha value is -2.80. The number of hydrogen-bond acceptors (Lipinski definition) is 4. The van der Waals surface area contributed by atoms with Crippen molar-refractivity contribution in [2.24, 2.45) is 10.2 Å². The lowest BCUT2D eigenvalue weighted by Gasteiger charge is -2.00. The summed E-state index contributed by atoms with van der Waals surface area (Å²) in [5.74, 6) is -0.0543. The summed E-state index contributed by atoms with van der Waals surface area (Å²) < 4.78 is 0.888. The van der Waals surface area contributed by atoms with E-state index >= 15 is 0 Å². The maximum absolute atomic E-state index is 12.0. The Morgan fingerprint density at radius 2 is 1.83 bits per heavy atom. The molecule has 0 bridgehead atoms. The van der Waals surface area contributed by atoms with E-state index in [1.165, 1.54) is 6.92 Å². The van der Waals surface area contributed by atoms with Gasteiger partial charge in [0.1, 0.15) is 0 Å². The first-order chi connectivity index (χ1) is 11.5. The second-order valence-corrected chi connectivity index (χ2v) is 6.04. The normalized spacial score (nSPS) is 11.1. The SMILES string of the molecule is CC(=O)c1cccc(N=Nc2c(-c3cccc(Br)c3)[nH][nH]c2=O)c1. The molecule has 0 radical (unpaired) electrons.